The molecule has 0 fully saturated rings. The van der Waals surface area contributed by atoms with Crippen molar-refractivity contribution in [2.75, 3.05) is 6.54 Å². The van der Waals surface area contributed by atoms with Crippen LogP contribution in [0, 0.1) is 0 Å². The highest BCUT2D eigenvalue weighted by molar-refractivity contribution is 5.80. The number of carbonyl (C=O) groups excluding carboxylic acids is 2. The average molecular weight is 227 g/mol. The van der Waals surface area contributed by atoms with Gasteiger partial charge in [-0.1, -0.05) is 25.5 Å². The summed E-state index contributed by atoms with van der Waals surface area (Å²) in [5.74, 6) is 0. The monoisotopic (exact) mass is 227 g/mol. The van der Waals surface area contributed by atoms with Gasteiger partial charge < -0.3 is 4.74 Å². The van der Waals surface area contributed by atoms with Crippen molar-refractivity contribution in [2.24, 2.45) is 0 Å². The molecule has 0 bridgehead atoms. The fourth-order valence-corrected chi connectivity index (χ4v) is 0.954. The fraction of sp³-hybridized carbons (Fsp3) is 0.667. The summed E-state index contributed by atoms with van der Waals surface area (Å²) in [4.78, 5) is 23.2. The molecule has 0 atom stereocenters. The molecule has 0 aromatic heterocycles. The highest BCUT2D eigenvalue weighted by Crippen LogP contribution is 2.09. The lowest BCUT2D eigenvalue weighted by Crippen LogP contribution is -2.36. The number of unbranched alkanes of at least 4 members (excludes halogenated alkanes) is 1. The molecule has 0 saturated heterocycles. The van der Waals surface area contributed by atoms with Crippen molar-refractivity contribution in [3.05, 3.63) is 12.2 Å². The SMILES string of the molecule is CCC/C=C/CN(C=O)C(=O)OC(C)(C)C. The summed E-state index contributed by atoms with van der Waals surface area (Å²) in [6.45, 7) is 7.62. The molecule has 4 nitrogen and oxygen atoms in total. The Morgan fingerprint density at radius 1 is 1.31 bits per heavy atom. The van der Waals surface area contributed by atoms with E-state index in [0.717, 1.165) is 17.7 Å². The Morgan fingerprint density at radius 2 is 1.94 bits per heavy atom. The van der Waals surface area contributed by atoms with Crippen LogP contribution in [-0.2, 0) is 9.53 Å². The van der Waals surface area contributed by atoms with Crippen LogP contribution < -0.4 is 0 Å². The van der Waals surface area contributed by atoms with Crippen molar-refractivity contribution in [2.45, 2.75) is 46.1 Å². The number of imide groups is 1. The Kier molecular flexibility index (Phi) is 6.46. The number of ether oxygens (including phenoxy) is 1. The quantitative estimate of drug-likeness (QED) is 0.536. The van der Waals surface area contributed by atoms with Gasteiger partial charge in [0.05, 0.1) is 0 Å². The van der Waals surface area contributed by atoms with Gasteiger partial charge in [0.2, 0.25) is 6.41 Å². The molecule has 0 spiro atoms. The molecule has 4 heteroatoms. The molecule has 16 heavy (non-hydrogen) atoms. The van der Waals surface area contributed by atoms with Crippen molar-refractivity contribution in [1.29, 1.82) is 0 Å². The Hall–Kier alpha value is -1.32. The van der Waals surface area contributed by atoms with Crippen molar-refractivity contribution >= 4 is 12.5 Å². The maximum atomic E-state index is 11.5. The van der Waals surface area contributed by atoms with E-state index in [0.29, 0.717) is 6.41 Å². The van der Waals surface area contributed by atoms with Crippen LogP contribution in [0.2, 0.25) is 0 Å². The summed E-state index contributed by atoms with van der Waals surface area (Å²) in [5, 5.41) is 0. The Bertz CT molecular complexity index is 253. The Labute approximate surface area is 97.3 Å². The first-order valence-corrected chi connectivity index (χ1v) is 5.50. The van der Waals surface area contributed by atoms with Gasteiger partial charge in [0.25, 0.3) is 0 Å². The minimum atomic E-state index is -0.608. The van der Waals surface area contributed by atoms with Gasteiger partial charge in [0.15, 0.2) is 0 Å². The smallest absolute Gasteiger partial charge is 0.417 e. The third-order valence-corrected chi connectivity index (χ3v) is 1.68. The topological polar surface area (TPSA) is 46.6 Å². The summed E-state index contributed by atoms with van der Waals surface area (Å²) < 4.78 is 5.07. The van der Waals surface area contributed by atoms with E-state index in [1.165, 1.54) is 0 Å². The van der Waals surface area contributed by atoms with Gasteiger partial charge in [-0.05, 0) is 27.2 Å². The van der Waals surface area contributed by atoms with Gasteiger partial charge in [-0.25, -0.2) is 9.69 Å². The molecule has 0 aromatic carbocycles. The van der Waals surface area contributed by atoms with Gasteiger partial charge in [-0.3, -0.25) is 4.79 Å². The lowest BCUT2D eigenvalue weighted by Gasteiger charge is -2.22. The lowest BCUT2D eigenvalue weighted by atomic mass is 10.2. The summed E-state index contributed by atoms with van der Waals surface area (Å²) in [5.41, 5.74) is -0.578. The fourth-order valence-electron chi connectivity index (χ4n) is 0.954. The highest BCUT2D eigenvalue weighted by Gasteiger charge is 2.20. The van der Waals surface area contributed by atoms with Crippen LogP contribution in [0.25, 0.3) is 0 Å². The number of rotatable bonds is 5. The number of hydrogen-bond acceptors (Lipinski definition) is 3. The number of hydrogen-bond donors (Lipinski definition) is 0. The van der Waals surface area contributed by atoms with E-state index in [-0.39, 0.29) is 6.54 Å². The van der Waals surface area contributed by atoms with E-state index >= 15 is 0 Å². The number of carbonyl (C=O) groups is 2. The molecule has 0 aliphatic heterocycles. The van der Waals surface area contributed by atoms with Crippen LogP contribution in [0.5, 0.6) is 0 Å². The van der Waals surface area contributed by atoms with Crippen LogP contribution in [0.3, 0.4) is 0 Å². The van der Waals surface area contributed by atoms with Crippen molar-refractivity contribution < 1.29 is 14.3 Å². The zero-order valence-electron chi connectivity index (χ0n) is 10.5. The Balaban J connectivity index is 4.17. The molecular formula is C12H21NO3. The minimum Gasteiger partial charge on any atom is -0.443 e. The second-order valence-corrected chi connectivity index (χ2v) is 4.50. The van der Waals surface area contributed by atoms with Crippen LogP contribution in [0.15, 0.2) is 12.2 Å². The average Bonchev–Trinajstić information content (AvgIpc) is 2.15. The van der Waals surface area contributed by atoms with E-state index < -0.39 is 11.7 Å². The zero-order chi connectivity index (χ0) is 12.6. The minimum absolute atomic E-state index is 0.262. The summed E-state index contributed by atoms with van der Waals surface area (Å²) in [6.07, 6.45) is 5.61. The molecule has 0 aliphatic carbocycles. The summed E-state index contributed by atoms with van der Waals surface area (Å²) in [6, 6.07) is 0. The van der Waals surface area contributed by atoms with Gasteiger partial charge in [0, 0.05) is 6.54 Å². The second kappa shape index (κ2) is 7.04. The number of nitrogens with zero attached hydrogens (tertiary/aromatic N) is 1. The maximum absolute atomic E-state index is 11.5. The molecule has 0 radical (unpaired) electrons. The van der Waals surface area contributed by atoms with Gasteiger partial charge in [-0.15, -0.1) is 0 Å². The van der Waals surface area contributed by atoms with Gasteiger partial charge in [0.1, 0.15) is 5.60 Å². The molecule has 2 amide bonds. The number of allylic oxidation sites excluding steroid dienone is 1. The van der Waals surface area contributed by atoms with E-state index in [9.17, 15) is 9.59 Å². The van der Waals surface area contributed by atoms with Gasteiger partial charge >= 0.3 is 6.09 Å². The molecular weight excluding hydrogens is 206 g/mol. The molecule has 92 valence electrons. The van der Waals surface area contributed by atoms with Crippen LogP contribution in [-0.4, -0.2) is 29.5 Å². The molecule has 0 saturated carbocycles. The highest BCUT2D eigenvalue weighted by atomic mass is 16.6. The predicted molar refractivity (Wildman–Crippen MR) is 63.1 cm³/mol. The first-order chi connectivity index (χ1) is 7.40. The molecule has 0 rings (SSSR count). The van der Waals surface area contributed by atoms with E-state index in [2.05, 4.69) is 6.92 Å². The van der Waals surface area contributed by atoms with Gasteiger partial charge in [-0.2, -0.15) is 0 Å². The maximum Gasteiger partial charge on any atom is 0.417 e. The predicted octanol–water partition coefficient (Wildman–Crippen LogP) is 2.74. The van der Waals surface area contributed by atoms with Crippen LogP contribution in [0.1, 0.15) is 40.5 Å². The van der Waals surface area contributed by atoms with E-state index in [1.54, 1.807) is 26.8 Å². The van der Waals surface area contributed by atoms with Crippen molar-refractivity contribution in [3.63, 3.8) is 0 Å². The molecule has 0 N–H and O–H groups in total. The standard InChI is InChI=1S/C12H21NO3/c1-5-6-7-8-9-13(10-14)11(15)16-12(2,3)4/h7-8,10H,5-6,9H2,1-4H3/b8-7+. The second-order valence-electron chi connectivity index (χ2n) is 4.50. The largest absolute Gasteiger partial charge is 0.443 e. The Morgan fingerprint density at radius 3 is 2.38 bits per heavy atom. The van der Waals surface area contributed by atoms with Crippen LogP contribution in [0.4, 0.5) is 4.79 Å². The molecule has 0 unspecified atom stereocenters. The van der Waals surface area contributed by atoms with E-state index in [4.69, 9.17) is 4.74 Å². The third kappa shape index (κ3) is 7.04. The first kappa shape index (κ1) is 14.7. The van der Waals surface area contributed by atoms with E-state index in [1.807, 2.05) is 6.08 Å². The lowest BCUT2D eigenvalue weighted by molar-refractivity contribution is -0.117. The zero-order valence-corrected chi connectivity index (χ0v) is 10.5. The molecule has 0 heterocycles. The first-order valence-electron chi connectivity index (χ1n) is 5.50. The summed E-state index contributed by atoms with van der Waals surface area (Å²) >= 11 is 0. The van der Waals surface area contributed by atoms with Crippen molar-refractivity contribution in [3.8, 4) is 0 Å². The molecule has 0 aliphatic rings. The summed E-state index contributed by atoms with van der Waals surface area (Å²) in [7, 11) is 0. The normalized spacial score (nSPS) is 11.5. The third-order valence-electron chi connectivity index (χ3n) is 1.68. The molecule has 0 aromatic rings. The van der Waals surface area contributed by atoms with Crippen LogP contribution >= 0.6 is 0 Å². The number of amides is 2. The van der Waals surface area contributed by atoms with Crippen molar-refractivity contribution in [1.82, 2.24) is 4.90 Å².